The van der Waals surface area contributed by atoms with Crippen molar-refractivity contribution >= 4 is 17.2 Å². The highest BCUT2D eigenvalue weighted by Gasteiger charge is 2.17. The van der Waals surface area contributed by atoms with Gasteiger partial charge in [0.05, 0.1) is 4.88 Å². The second-order valence-corrected chi connectivity index (χ2v) is 3.97. The molecule has 72 valence electrons. The molecule has 0 radical (unpaired) electrons. The summed E-state index contributed by atoms with van der Waals surface area (Å²) in [4.78, 5) is 14.5. The highest BCUT2D eigenvalue weighted by Crippen LogP contribution is 2.12. The van der Waals surface area contributed by atoms with Crippen molar-refractivity contribution in [2.24, 2.45) is 0 Å². The molecule has 0 saturated carbocycles. The molecule has 0 aromatic carbocycles. The summed E-state index contributed by atoms with van der Waals surface area (Å²) in [6.07, 6.45) is 0. The van der Waals surface area contributed by atoms with Gasteiger partial charge in [-0.25, -0.2) is 0 Å². The van der Waals surface area contributed by atoms with Gasteiger partial charge >= 0.3 is 0 Å². The highest BCUT2D eigenvalue weighted by atomic mass is 32.1. The van der Waals surface area contributed by atoms with Crippen LogP contribution in [0, 0.1) is 0 Å². The second kappa shape index (κ2) is 3.89. The number of thiophene rings is 1. The minimum absolute atomic E-state index is 0. The maximum atomic E-state index is 11.8. The molecule has 1 amide bonds. The Labute approximate surface area is 82.8 Å². The third kappa shape index (κ3) is 1.89. The molecule has 4 heteroatoms. The summed E-state index contributed by atoms with van der Waals surface area (Å²) in [5, 5.41) is 5.16. The minimum Gasteiger partial charge on any atom is -0.335 e. The first-order chi connectivity index (χ1) is 6.38. The molecule has 1 aliphatic rings. The topological polar surface area (TPSA) is 32.3 Å². The molecule has 0 unspecified atom stereocenters. The van der Waals surface area contributed by atoms with Crippen LogP contribution in [-0.4, -0.2) is 37.0 Å². The number of carbonyl (C=O) groups excluding carboxylic acids is 1. The van der Waals surface area contributed by atoms with Gasteiger partial charge in [-0.15, -0.1) is 11.3 Å². The zero-order chi connectivity index (χ0) is 9.10. The molecule has 2 rings (SSSR count). The van der Waals surface area contributed by atoms with E-state index in [2.05, 4.69) is 5.32 Å². The smallest absolute Gasteiger partial charge is 0.264 e. The number of amides is 1. The quantitative estimate of drug-likeness (QED) is 0.731. The molecule has 0 atom stereocenters. The third-order valence-corrected chi connectivity index (χ3v) is 2.99. The number of hydrogen-bond acceptors (Lipinski definition) is 3. The monoisotopic (exact) mass is 198 g/mol. The highest BCUT2D eigenvalue weighted by molar-refractivity contribution is 7.12. The van der Waals surface area contributed by atoms with Crippen molar-refractivity contribution < 1.29 is 6.22 Å². The fraction of sp³-hybridized carbons (Fsp3) is 0.444. The van der Waals surface area contributed by atoms with E-state index in [0.29, 0.717) is 0 Å². The van der Waals surface area contributed by atoms with Crippen LogP contribution in [0.2, 0.25) is 0 Å². The van der Waals surface area contributed by atoms with Crippen LogP contribution >= 0.6 is 11.3 Å². The Morgan fingerprint density at radius 2 is 2.31 bits per heavy atom. The summed E-state index contributed by atoms with van der Waals surface area (Å²) in [5.41, 5.74) is 0. The lowest BCUT2D eigenvalue weighted by Gasteiger charge is -2.26. The van der Waals surface area contributed by atoms with Gasteiger partial charge in [0.15, 0.2) is 0 Å². The second-order valence-electron chi connectivity index (χ2n) is 3.02. The summed E-state index contributed by atoms with van der Waals surface area (Å²) in [5.74, 6) is 0.177. The van der Waals surface area contributed by atoms with E-state index < -0.39 is 0 Å². The predicted octanol–water partition coefficient (Wildman–Crippen LogP) is 1.04. The van der Waals surface area contributed by atoms with Gasteiger partial charge in [-0.2, -0.15) is 0 Å². The lowest BCUT2D eigenvalue weighted by Crippen LogP contribution is -2.46. The van der Waals surface area contributed by atoms with Crippen molar-refractivity contribution in [2.45, 2.75) is 0 Å². The van der Waals surface area contributed by atoms with Gasteiger partial charge < -0.3 is 10.2 Å². The molecule has 2 heterocycles. The summed E-state index contributed by atoms with van der Waals surface area (Å²) < 4.78 is 0. The van der Waals surface area contributed by atoms with E-state index in [0.717, 1.165) is 31.1 Å². The molecule has 3 nitrogen and oxygen atoms in total. The Morgan fingerprint density at radius 1 is 1.54 bits per heavy atom. The maximum Gasteiger partial charge on any atom is 0.264 e. The van der Waals surface area contributed by atoms with E-state index in [9.17, 15) is 4.79 Å². The van der Waals surface area contributed by atoms with Crippen molar-refractivity contribution in [3.63, 3.8) is 0 Å². The molecular weight excluding hydrogens is 184 g/mol. The van der Waals surface area contributed by atoms with Crippen molar-refractivity contribution in [2.75, 3.05) is 26.2 Å². The molecule has 1 aromatic rings. The lowest BCUT2D eigenvalue weighted by molar-refractivity contribution is 0.0740. The fourth-order valence-electron chi connectivity index (χ4n) is 1.42. The number of nitrogens with one attached hydrogen (secondary N) is 1. The number of carbonyl (C=O) groups is 1. The Hall–Kier alpha value is -0.870. The SMILES string of the molecule is O=C(c1cccs1)N1CCNCC1.[HH]. The Morgan fingerprint density at radius 3 is 2.92 bits per heavy atom. The van der Waals surface area contributed by atoms with E-state index in [4.69, 9.17) is 0 Å². The van der Waals surface area contributed by atoms with Crippen LogP contribution in [0.4, 0.5) is 0 Å². The normalized spacial score (nSPS) is 17.4. The zero-order valence-electron chi connectivity index (χ0n) is 7.32. The van der Waals surface area contributed by atoms with E-state index in [1.54, 1.807) is 0 Å². The Bertz CT molecular complexity index is 283. The standard InChI is InChI=1S/C9H12N2OS.H2/c12-9(8-2-1-7-13-8)11-5-3-10-4-6-11;/h1-2,7,10H,3-6H2;1H. The first-order valence-electron chi connectivity index (χ1n) is 4.41. The van der Waals surface area contributed by atoms with Gasteiger partial charge in [-0.3, -0.25) is 4.79 Å². The van der Waals surface area contributed by atoms with Crippen molar-refractivity contribution in [3.05, 3.63) is 22.4 Å². The molecule has 1 aromatic heterocycles. The maximum absolute atomic E-state index is 11.8. The summed E-state index contributed by atoms with van der Waals surface area (Å²) >= 11 is 1.51. The molecule has 0 bridgehead atoms. The van der Waals surface area contributed by atoms with Gasteiger partial charge in [0.25, 0.3) is 5.91 Å². The van der Waals surface area contributed by atoms with Gasteiger partial charge in [-0.1, -0.05) is 6.07 Å². The Kier molecular flexibility index (Phi) is 2.61. The average molecular weight is 198 g/mol. The molecule has 13 heavy (non-hydrogen) atoms. The van der Waals surface area contributed by atoms with Crippen molar-refractivity contribution in [3.8, 4) is 0 Å². The van der Waals surface area contributed by atoms with Gasteiger partial charge in [-0.05, 0) is 11.4 Å². The van der Waals surface area contributed by atoms with Gasteiger partial charge in [0, 0.05) is 27.6 Å². The fourth-order valence-corrected chi connectivity index (χ4v) is 2.11. The zero-order valence-corrected chi connectivity index (χ0v) is 8.14. The Balaban J connectivity index is 0.000000980. The van der Waals surface area contributed by atoms with Gasteiger partial charge in [0.2, 0.25) is 0 Å². The lowest BCUT2D eigenvalue weighted by atomic mass is 10.3. The van der Waals surface area contributed by atoms with Crippen molar-refractivity contribution in [1.29, 1.82) is 0 Å². The third-order valence-electron chi connectivity index (χ3n) is 2.14. The first-order valence-corrected chi connectivity index (χ1v) is 5.29. The summed E-state index contributed by atoms with van der Waals surface area (Å²) in [7, 11) is 0. The van der Waals surface area contributed by atoms with Gasteiger partial charge in [0.1, 0.15) is 0 Å². The molecule has 1 aliphatic heterocycles. The first kappa shape index (κ1) is 8.72. The van der Waals surface area contributed by atoms with E-state index in [1.165, 1.54) is 11.3 Å². The van der Waals surface area contributed by atoms with Crippen molar-refractivity contribution in [1.82, 2.24) is 10.2 Å². The van der Waals surface area contributed by atoms with E-state index >= 15 is 0 Å². The number of rotatable bonds is 1. The van der Waals surface area contributed by atoms with Crippen LogP contribution in [0.15, 0.2) is 17.5 Å². The molecule has 1 saturated heterocycles. The van der Waals surface area contributed by atoms with Crippen LogP contribution in [-0.2, 0) is 0 Å². The van der Waals surface area contributed by atoms with Crippen LogP contribution in [0.1, 0.15) is 11.1 Å². The summed E-state index contributed by atoms with van der Waals surface area (Å²) in [6.45, 7) is 3.49. The average Bonchev–Trinajstić information content (AvgIpc) is 2.71. The minimum atomic E-state index is 0. The summed E-state index contributed by atoms with van der Waals surface area (Å²) in [6, 6.07) is 3.80. The number of piperazine rings is 1. The van der Waals surface area contributed by atoms with Crippen LogP contribution in [0.25, 0.3) is 0 Å². The number of hydrogen-bond donors (Lipinski definition) is 1. The van der Waals surface area contributed by atoms with E-state index in [1.807, 2.05) is 22.4 Å². The molecule has 0 aliphatic carbocycles. The van der Waals surface area contributed by atoms with E-state index in [-0.39, 0.29) is 7.33 Å². The molecule has 0 spiro atoms. The molecule has 1 fully saturated rings. The molecule has 1 N–H and O–H groups in total. The number of nitrogens with zero attached hydrogens (tertiary/aromatic N) is 1. The van der Waals surface area contributed by atoms with Crippen LogP contribution in [0.3, 0.4) is 0 Å². The predicted molar refractivity (Wildman–Crippen MR) is 55.2 cm³/mol. The van der Waals surface area contributed by atoms with Crippen LogP contribution < -0.4 is 5.32 Å². The molecular formula is C9H14N2OS. The van der Waals surface area contributed by atoms with Crippen LogP contribution in [0.5, 0.6) is 0 Å². The largest absolute Gasteiger partial charge is 0.335 e.